The van der Waals surface area contributed by atoms with Gasteiger partial charge in [0.05, 0.1) is 0 Å². The average Bonchev–Trinajstić information content (AvgIpc) is 2.17. The van der Waals surface area contributed by atoms with E-state index in [-0.39, 0.29) is 0 Å². The molecule has 0 aliphatic heterocycles. The molecule has 2 aliphatic rings. The van der Waals surface area contributed by atoms with Crippen molar-refractivity contribution in [3.63, 3.8) is 0 Å². The van der Waals surface area contributed by atoms with Crippen LogP contribution in [0.3, 0.4) is 0 Å². The van der Waals surface area contributed by atoms with E-state index in [9.17, 15) is 0 Å². The van der Waals surface area contributed by atoms with Crippen LogP contribution in [0.5, 0.6) is 0 Å². The molecule has 0 spiro atoms. The Labute approximate surface area is 94.5 Å². The summed E-state index contributed by atoms with van der Waals surface area (Å²) < 4.78 is 0. The maximum Gasteiger partial charge on any atom is -0.0133 e. The molecule has 15 heavy (non-hydrogen) atoms. The summed E-state index contributed by atoms with van der Waals surface area (Å²) in [5.41, 5.74) is 5.05. The first kappa shape index (κ1) is 11.0. The van der Waals surface area contributed by atoms with Crippen LogP contribution in [0.25, 0.3) is 0 Å². The molecule has 84 valence electrons. The number of fused-ring (bicyclic) bond motifs is 1. The third kappa shape index (κ3) is 2.04. The first-order valence-corrected chi connectivity index (χ1v) is 6.49. The summed E-state index contributed by atoms with van der Waals surface area (Å²) in [7, 11) is 0. The van der Waals surface area contributed by atoms with Crippen molar-refractivity contribution in [2.75, 3.05) is 0 Å². The molecule has 0 aromatic carbocycles. The van der Waals surface area contributed by atoms with Crippen LogP contribution in [-0.4, -0.2) is 0 Å². The van der Waals surface area contributed by atoms with E-state index in [2.05, 4.69) is 33.8 Å². The van der Waals surface area contributed by atoms with Crippen LogP contribution in [0, 0.1) is 17.8 Å². The summed E-state index contributed by atoms with van der Waals surface area (Å²) in [5, 5.41) is 0. The highest BCUT2D eigenvalue weighted by Crippen LogP contribution is 2.43. The quantitative estimate of drug-likeness (QED) is 0.579. The number of rotatable bonds is 1. The summed E-state index contributed by atoms with van der Waals surface area (Å²) in [6.45, 7) is 9.44. The van der Waals surface area contributed by atoms with E-state index in [1.807, 2.05) is 0 Å². The molecule has 0 aromatic rings. The van der Waals surface area contributed by atoms with Crippen LogP contribution < -0.4 is 0 Å². The SMILES string of the molecule is CC1=CC2=C(C(C)C)CC[C@@H](C)[C@@H]2CC1. The maximum absolute atomic E-state index is 2.50. The topological polar surface area (TPSA) is 0 Å². The van der Waals surface area contributed by atoms with Crippen LogP contribution >= 0.6 is 0 Å². The van der Waals surface area contributed by atoms with Crippen LogP contribution in [0.1, 0.15) is 53.4 Å². The molecule has 0 unspecified atom stereocenters. The van der Waals surface area contributed by atoms with E-state index in [0.717, 1.165) is 17.8 Å². The van der Waals surface area contributed by atoms with Gasteiger partial charge in [-0.15, -0.1) is 0 Å². The average molecular weight is 204 g/mol. The van der Waals surface area contributed by atoms with Crippen molar-refractivity contribution >= 4 is 0 Å². The molecule has 0 N–H and O–H groups in total. The molecule has 0 radical (unpaired) electrons. The normalized spacial score (nSPS) is 31.7. The van der Waals surface area contributed by atoms with Gasteiger partial charge >= 0.3 is 0 Å². The smallest absolute Gasteiger partial charge is 0.0133 e. The van der Waals surface area contributed by atoms with Gasteiger partial charge in [-0.1, -0.05) is 38.0 Å². The highest BCUT2D eigenvalue weighted by molar-refractivity contribution is 5.36. The summed E-state index contributed by atoms with van der Waals surface area (Å²) in [4.78, 5) is 0. The first-order chi connectivity index (χ1) is 7.09. The number of allylic oxidation sites excluding steroid dienone is 4. The van der Waals surface area contributed by atoms with Crippen molar-refractivity contribution < 1.29 is 0 Å². The lowest BCUT2D eigenvalue weighted by molar-refractivity contribution is 0.330. The van der Waals surface area contributed by atoms with Crippen molar-refractivity contribution in [3.05, 3.63) is 22.8 Å². The van der Waals surface area contributed by atoms with Gasteiger partial charge in [0, 0.05) is 0 Å². The summed E-state index contributed by atoms with van der Waals surface area (Å²) in [6, 6.07) is 0. The predicted molar refractivity (Wildman–Crippen MR) is 66.7 cm³/mol. The lowest BCUT2D eigenvalue weighted by atomic mass is 9.68. The Bertz CT molecular complexity index is 304. The van der Waals surface area contributed by atoms with Gasteiger partial charge in [-0.3, -0.25) is 0 Å². The lowest BCUT2D eigenvalue weighted by Crippen LogP contribution is -2.24. The predicted octanol–water partition coefficient (Wildman–Crippen LogP) is 4.73. The molecular weight excluding hydrogens is 180 g/mol. The van der Waals surface area contributed by atoms with E-state index in [1.54, 1.807) is 16.7 Å². The third-order valence-electron chi connectivity index (χ3n) is 4.27. The van der Waals surface area contributed by atoms with E-state index in [1.165, 1.54) is 25.7 Å². The Balaban J connectivity index is 2.40. The summed E-state index contributed by atoms with van der Waals surface area (Å²) in [5.74, 6) is 2.53. The molecule has 0 saturated carbocycles. The zero-order valence-corrected chi connectivity index (χ0v) is 10.6. The van der Waals surface area contributed by atoms with Gasteiger partial charge in [0.1, 0.15) is 0 Å². The van der Waals surface area contributed by atoms with Crippen LogP contribution in [-0.2, 0) is 0 Å². The van der Waals surface area contributed by atoms with Gasteiger partial charge in [0.15, 0.2) is 0 Å². The molecule has 2 atom stereocenters. The monoisotopic (exact) mass is 204 g/mol. The van der Waals surface area contributed by atoms with Gasteiger partial charge in [-0.05, 0) is 55.9 Å². The van der Waals surface area contributed by atoms with Gasteiger partial charge in [-0.25, -0.2) is 0 Å². The van der Waals surface area contributed by atoms with Crippen molar-refractivity contribution in [2.24, 2.45) is 17.8 Å². The van der Waals surface area contributed by atoms with Crippen molar-refractivity contribution in [1.82, 2.24) is 0 Å². The van der Waals surface area contributed by atoms with E-state index in [4.69, 9.17) is 0 Å². The molecule has 2 rings (SSSR count). The Morgan fingerprint density at radius 1 is 1.20 bits per heavy atom. The second-order valence-corrected chi connectivity index (χ2v) is 5.79. The molecule has 0 heteroatoms. The zero-order chi connectivity index (χ0) is 11.0. The van der Waals surface area contributed by atoms with Crippen LogP contribution in [0.2, 0.25) is 0 Å². The Morgan fingerprint density at radius 2 is 1.93 bits per heavy atom. The molecule has 0 aromatic heterocycles. The van der Waals surface area contributed by atoms with Gasteiger partial charge < -0.3 is 0 Å². The maximum atomic E-state index is 2.50. The van der Waals surface area contributed by atoms with E-state index >= 15 is 0 Å². The molecule has 0 bridgehead atoms. The number of hydrogen-bond donors (Lipinski definition) is 0. The Hall–Kier alpha value is -0.520. The minimum absolute atomic E-state index is 0.747. The Kier molecular flexibility index (Phi) is 3.04. The molecule has 0 saturated heterocycles. The van der Waals surface area contributed by atoms with Gasteiger partial charge in [-0.2, -0.15) is 0 Å². The first-order valence-electron chi connectivity index (χ1n) is 6.49. The largest absolute Gasteiger partial charge is 0.0730 e. The zero-order valence-electron chi connectivity index (χ0n) is 10.6. The highest BCUT2D eigenvalue weighted by Gasteiger charge is 2.30. The molecule has 0 amide bonds. The molecular formula is C15H24. The van der Waals surface area contributed by atoms with Crippen LogP contribution in [0.4, 0.5) is 0 Å². The lowest BCUT2D eigenvalue weighted by Gasteiger charge is -2.37. The summed E-state index contributed by atoms with van der Waals surface area (Å²) in [6.07, 6.45) is 7.97. The third-order valence-corrected chi connectivity index (χ3v) is 4.27. The van der Waals surface area contributed by atoms with Crippen LogP contribution in [0.15, 0.2) is 22.8 Å². The fourth-order valence-corrected chi connectivity index (χ4v) is 3.26. The second kappa shape index (κ2) is 4.15. The molecule has 0 heterocycles. The fourth-order valence-electron chi connectivity index (χ4n) is 3.26. The molecule has 2 aliphatic carbocycles. The summed E-state index contributed by atoms with van der Waals surface area (Å²) >= 11 is 0. The minimum atomic E-state index is 0.747. The van der Waals surface area contributed by atoms with E-state index in [0.29, 0.717) is 0 Å². The Morgan fingerprint density at radius 3 is 2.60 bits per heavy atom. The second-order valence-electron chi connectivity index (χ2n) is 5.79. The van der Waals surface area contributed by atoms with Crippen molar-refractivity contribution in [2.45, 2.75) is 53.4 Å². The fraction of sp³-hybridized carbons (Fsp3) is 0.733. The highest BCUT2D eigenvalue weighted by atomic mass is 14.3. The van der Waals surface area contributed by atoms with E-state index < -0.39 is 0 Å². The molecule has 0 fully saturated rings. The van der Waals surface area contributed by atoms with Crippen molar-refractivity contribution in [1.29, 1.82) is 0 Å². The number of hydrogen-bond acceptors (Lipinski definition) is 0. The molecule has 0 nitrogen and oxygen atoms in total. The van der Waals surface area contributed by atoms with Crippen molar-refractivity contribution in [3.8, 4) is 0 Å². The van der Waals surface area contributed by atoms with Gasteiger partial charge in [0.25, 0.3) is 0 Å². The minimum Gasteiger partial charge on any atom is -0.0730 e. The standard InChI is InChI=1S/C15H24/c1-10(2)13-8-6-12(4)14-7-5-11(3)9-15(13)14/h9-10,12,14H,5-8H2,1-4H3/t12-,14+/m1/s1. The van der Waals surface area contributed by atoms with Gasteiger partial charge in [0.2, 0.25) is 0 Å².